The quantitative estimate of drug-likeness (QED) is 0.632. The van der Waals surface area contributed by atoms with Crippen LogP contribution in [0.4, 0.5) is 5.69 Å². The number of nitrogens with two attached hydrogens (primary N) is 1. The number of benzene rings is 1. The summed E-state index contributed by atoms with van der Waals surface area (Å²) in [5, 5.41) is 10.3. The number of phenols is 1. The maximum Gasteiger partial charge on any atom is 0.131 e. The van der Waals surface area contributed by atoms with Gasteiger partial charge in [0.05, 0.1) is 5.52 Å². The van der Waals surface area contributed by atoms with Crippen LogP contribution in [-0.2, 0) is 0 Å². The van der Waals surface area contributed by atoms with Gasteiger partial charge in [0, 0.05) is 11.1 Å². The first-order valence-electron chi connectivity index (χ1n) is 3.71. The Labute approximate surface area is 79.8 Å². The van der Waals surface area contributed by atoms with Crippen LogP contribution in [-0.4, -0.2) is 10.1 Å². The summed E-state index contributed by atoms with van der Waals surface area (Å²) in [6.07, 6.45) is 0. The molecule has 0 saturated heterocycles. The van der Waals surface area contributed by atoms with Crippen LogP contribution in [0.15, 0.2) is 24.3 Å². The highest BCUT2D eigenvalue weighted by Crippen LogP contribution is 2.25. The van der Waals surface area contributed by atoms with Crippen LogP contribution in [0.3, 0.4) is 0 Å². The van der Waals surface area contributed by atoms with Crippen LogP contribution >= 0.6 is 11.6 Å². The molecule has 66 valence electrons. The molecule has 0 fully saturated rings. The molecule has 0 bridgehead atoms. The molecule has 0 aliphatic carbocycles. The van der Waals surface area contributed by atoms with Gasteiger partial charge in [-0.15, -0.1) is 0 Å². The van der Waals surface area contributed by atoms with Gasteiger partial charge in [-0.05, 0) is 24.3 Å². The Kier molecular flexibility index (Phi) is 1.74. The SMILES string of the molecule is Nc1cc(Cl)nc2ccc(O)cc12. The fourth-order valence-corrected chi connectivity index (χ4v) is 1.41. The van der Waals surface area contributed by atoms with Crippen molar-refractivity contribution in [2.45, 2.75) is 0 Å². The highest BCUT2D eigenvalue weighted by atomic mass is 35.5. The molecule has 1 aromatic carbocycles. The van der Waals surface area contributed by atoms with E-state index in [0.717, 1.165) is 0 Å². The first kappa shape index (κ1) is 8.13. The van der Waals surface area contributed by atoms with E-state index in [-0.39, 0.29) is 5.75 Å². The van der Waals surface area contributed by atoms with Crippen LogP contribution in [0.2, 0.25) is 5.15 Å². The van der Waals surface area contributed by atoms with E-state index in [4.69, 9.17) is 17.3 Å². The van der Waals surface area contributed by atoms with Crippen molar-refractivity contribution in [3.05, 3.63) is 29.4 Å². The van der Waals surface area contributed by atoms with Gasteiger partial charge in [0.15, 0.2) is 0 Å². The molecule has 0 spiro atoms. The molecule has 13 heavy (non-hydrogen) atoms. The normalized spacial score (nSPS) is 10.5. The molecule has 0 aliphatic heterocycles. The number of nitrogens with zero attached hydrogens (tertiary/aromatic N) is 1. The smallest absolute Gasteiger partial charge is 0.131 e. The highest BCUT2D eigenvalue weighted by Gasteiger charge is 2.02. The Morgan fingerprint density at radius 2 is 2.08 bits per heavy atom. The number of aromatic hydroxyl groups is 1. The van der Waals surface area contributed by atoms with E-state index < -0.39 is 0 Å². The molecule has 3 nitrogen and oxygen atoms in total. The molecule has 0 atom stereocenters. The number of phenolic OH excluding ortho intramolecular Hbond substituents is 1. The van der Waals surface area contributed by atoms with Crippen LogP contribution in [0, 0.1) is 0 Å². The van der Waals surface area contributed by atoms with Crippen LogP contribution < -0.4 is 5.73 Å². The number of pyridine rings is 1. The summed E-state index contributed by atoms with van der Waals surface area (Å²) in [6, 6.07) is 6.34. The third-order valence-corrected chi connectivity index (χ3v) is 1.99. The molecule has 0 radical (unpaired) electrons. The van der Waals surface area contributed by atoms with Gasteiger partial charge in [-0.2, -0.15) is 0 Å². The van der Waals surface area contributed by atoms with Crippen molar-refractivity contribution in [3.8, 4) is 5.75 Å². The van der Waals surface area contributed by atoms with Gasteiger partial charge in [-0.3, -0.25) is 0 Å². The van der Waals surface area contributed by atoms with Crippen molar-refractivity contribution in [2.75, 3.05) is 5.73 Å². The number of nitrogen functional groups attached to an aromatic ring is 1. The zero-order valence-electron chi connectivity index (χ0n) is 6.66. The minimum absolute atomic E-state index is 0.170. The lowest BCUT2D eigenvalue weighted by atomic mass is 10.2. The summed E-state index contributed by atoms with van der Waals surface area (Å²) in [7, 11) is 0. The standard InChI is InChI=1S/C9H7ClN2O/c10-9-4-7(11)6-3-5(13)1-2-8(6)12-9/h1-4,13H,(H2,11,12). The number of fused-ring (bicyclic) bond motifs is 1. The lowest BCUT2D eigenvalue weighted by molar-refractivity contribution is 0.476. The molecular formula is C9H7ClN2O. The molecule has 2 aromatic rings. The third-order valence-electron chi connectivity index (χ3n) is 1.79. The third kappa shape index (κ3) is 1.38. The van der Waals surface area contributed by atoms with E-state index in [1.54, 1.807) is 24.3 Å². The topological polar surface area (TPSA) is 59.1 Å². The number of hydrogen-bond acceptors (Lipinski definition) is 3. The number of rotatable bonds is 0. The first-order chi connectivity index (χ1) is 6.16. The Morgan fingerprint density at radius 1 is 1.31 bits per heavy atom. The van der Waals surface area contributed by atoms with Crippen molar-refractivity contribution < 1.29 is 5.11 Å². The molecular weight excluding hydrogens is 188 g/mol. The summed E-state index contributed by atoms with van der Waals surface area (Å²) in [4.78, 5) is 4.05. The number of halogens is 1. The molecule has 0 aliphatic rings. The first-order valence-corrected chi connectivity index (χ1v) is 4.09. The van der Waals surface area contributed by atoms with Crippen molar-refractivity contribution in [1.82, 2.24) is 4.98 Å². The Bertz CT molecular complexity index is 470. The van der Waals surface area contributed by atoms with E-state index in [2.05, 4.69) is 4.98 Å². The molecule has 4 heteroatoms. The van der Waals surface area contributed by atoms with Crippen LogP contribution in [0.5, 0.6) is 5.75 Å². The predicted molar refractivity (Wildman–Crippen MR) is 52.8 cm³/mol. The molecule has 3 N–H and O–H groups in total. The summed E-state index contributed by atoms with van der Waals surface area (Å²) < 4.78 is 0. The van der Waals surface area contributed by atoms with Gasteiger partial charge in [-0.1, -0.05) is 11.6 Å². The lowest BCUT2D eigenvalue weighted by Gasteiger charge is -2.02. The van der Waals surface area contributed by atoms with Crippen LogP contribution in [0.1, 0.15) is 0 Å². The average molecular weight is 195 g/mol. The van der Waals surface area contributed by atoms with Crippen molar-refractivity contribution in [3.63, 3.8) is 0 Å². The highest BCUT2D eigenvalue weighted by molar-refractivity contribution is 6.30. The van der Waals surface area contributed by atoms with Gasteiger partial charge in [0.25, 0.3) is 0 Å². The Morgan fingerprint density at radius 3 is 2.85 bits per heavy atom. The van der Waals surface area contributed by atoms with Crippen molar-refractivity contribution >= 4 is 28.2 Å². The van der Waals surface area contributed by atoms with Crippen molar-refractivity contribution in [1.29, 1.82) is 0 Å². The van der Waals surface area contributed by atoms with Crippen molar-refractivity contribution in [2.24, 2.45) is 0 Å². The molecule has 1 heterocycles. The van der Waals surface area contributed by atoms with Gasteiger partial charge < -0.3 is 10.8 Å². The monoisotopic (exact) mass is 194 g/mol. The van der Waals surface area contributed by atoms with Gasteiger partial charge in [0.1, 0.15) is 10.9 Å². The van der Waals surface area contributed by atoms with E-state index in [0.29, 0.717) is 21.7 Å². The molecule has 0 saturated carbocycles. The zero-order chi connectivity index (χ0) is 9.42. The molecule has 0 amide bonds. The summed E-state index contributed by atoms with van der Waals surface area (Å²) >= 11 is 5.71. The number of hydrogen-bond donors (Lipinski definition) is 2. The van der Waals surface area contributed by atoms with Gasteiger partial charge in [0.2, 0.25) is 0 Å². The molecule has 0 unspecified atom stereocenters. The van der Waals surface area contributed by atoms with E-state index in [1.807, 2.05) is 0 Å². The minimum Gasteiger partial charge on any atom is -0.508 e. The van der Waals surface area contributed by atoms with E-state index >= 15 is 0 Å². The molecule has 1 aromatic heterocycles. The second-order valence-electron chi connectivity index (χ2n) is 2.74. The largest absolute Gasteiger partial charge is 0.508 e. The van der Waals surface area contributed by atoms with E-state index in [1.165, 1.54) is 0 Å². The second-order valence-corrected chi connectivity index (χ2v) is 3.12. The lowest BCUT2D eigenvalue weighted by Crippen LogP contribution is -1.89. The Hall–Kier alpha value is -1.48. The molecule has 2 rings (SSSR count). The number of aromatic nitrogens is 1. The summed E-state index contributed by atoms with van der Waals surface area (Å²) in [5.41, 5.74) is 6.89. The zero-order valence-corrected chi connectivity index (χ0v) is 7.42. The van der Waals surface area contributed by atoms with E-state index in [9.17, 15) is 5.11 Å². The number of anilines is 1. The maximum absolute atomic E-state index is 9.21. The van der Waals surface area contributed by atoms with Gasteiger partial charge >= 0.3 is 0 Å². The average Bonchev–Trinajstić information content (AvgIpc) is 2.06. The predicted octanol–water partition coefficient (Wildman–Crippen LogP) is 2.18. The minimum atomic E-state index is 0.170. The summed E-state index contributed by atoms with van der Waals surface area (Å²) in [6.45, 7) is 0. The van der Waals surface area contributed by atoms with Crippen LogP contribution in [0.25, 0.3) is 10.9 Å². The fourth-order valence-electron chi connectivity index (χ4n) is 1.21. The Balaban J connectivity index is 2.87. The second kappa shape index (κ2) is 2.78. The summed E-state index contributed by atoms with van der Waals surface area (Å²) in [5.74, 6) is 0.170. The maximum atomic E-state index is 9.21. The fraction of sp³-hybridized carbons (Fsp3) is 0. The van der Waals surface area contributed by atoms with Gasteiger partial charge in [-0.25, -0.2) is 4.98 Å².